The second-order valence-corrected chi connectivity index (χ2v) is 6.14. The monoisotopic (exact) mass is 288 g/mol. The van der Waals surface area contributed by atoms with E-state index in [2.05, 4.69) is 0 Å². The first-order valence-electron chi connectivity index (χ1n) is 6.65. The molecule has 104 valence electrons. The minimum absolute atomic E-state index is 0.0430. The molecule has 4 nitrogen and oxygen atoms in total. The largest absolute Gasteiger partial charge is 0.331 e. The molecule has 2 heterocycles. The molecule has 2 aromatic heterocycles. The van der Waals surface area contributed by atoms with Gasteiger partial charge in [0.2, 0.25) is 0 Å². The van der Waals surface area contributed by atoms with Gasteiger partial charge in [0, 0.05) is 35.8 Å². The lowest BCUT2D eigenvalue weighted by atomic mass is 10.2. The van der Waals surface area contributed by atoms with Crippen molar-refractivity contribution in [3.05, 3.63) is 56.6 Å². The molecule has 0 saturated heterocycles. The molecule has 0 aromatic carbocycles. The van der Waals surface area contributed by atoms with E-state index in [-0.39, 0.29) is 11.5 Å². The van der Waals surface area contributed by atoms with Crippen LogP contribution in [-0.2, 0) is 13.6 Å². The second kappa shape index (κ2) is 5.25. The maximum atomic E-state index is 12.6. The van der Waals surface area contributed by atoms with Gasteiger partial charge in [0.15, 0.2) is 0 Å². The standard InChI is InChI=1S/C15H16N2O2S/c1-16-7-6-11(9-14(16)18)15(19)17(12-4-5-12)10-13-3-2-8-20-13/h2-3,6-9,12H,4-5,10H2,1H3. The van der Waals surface area contributed by atoms with E-state index in [0.29, 0.717) is 18.2 Å². The summed E-state index contributed by atoms with van der Waals surface area (Å²) in [5.74, 6) is -0.0430. The third-order valence-corrected chi connectivity index (χ3v) is 4.37. The molecular formula is C15H16N2O2S. The fraction of sp³-hybridized carbons (Fsp3) is 0.333. The topological polar surface area (TPSA) is 42.3 Å². The number of aryl methyl sites for hydroxylation is 1. The van der Waals surface area contributed by atoms with Gasteiger partial charge in [0.05, 0.1) is 6.54 Å². The number of carbonyl (C=O) groups excluding carboxylic acids is 1. The number of aromatic nitrogens is 1. The Hall–Kier alpha value is -1.88. The maximum Gasteiger partial charge on any atom is 0.254 e. The third kappa shape index (κ3) is 2.67. The first-order chi connectivity index (χ1) is 9.65. The van der Waals surface area contributed by atoms with Crippen LogP contribution in [0.3, 0.4) is 0 Å². The Morgan fingerprint density at radius 3 is 2.85 bits per heavy atom. The van der Waals surface area contributed by atoms with Crippen LogP contribution in [0.2, 0.25) is 0 Å². The second-order valence-electron chi connectivity index (χ2n) is 5.11. The minimum Gasteiger partial charge on any atom is -0.331 e. The van der Waals surface area contributed by atoms with Gasteiger partial charge in [-0.1, -0.05) is 6.07 Å². The van der Waals surface area contributed by atoms with Crippen molar-refractivity contribution in [2.75, 3.05) is 0 Å². The normalized spacial score (nSPS) is 14.2. The first kappa shape index (κ1) is 13.1. The highest BCUT2D eigenvalue weighted by Gasteiger charge is 2.33. The van der Waals surface area contributed by atoms with E-state index in [9.17, 15) is 9.59 Å². The quantitative estimate of drug-likeness (QED) is 0.866. The van der Waals surface area contributed by atoms with E-state index < -0.39 is 0 Å². The van der Waals surface area contributed by atoms with E-state index in [1.165, 1.54) is 15.5 Å². The Balaban J connectivity index is 1.85. The predicted octanol–water partition coefficient (Wildman–Crippen LogP) is 2.25. The number of nitrogens with zero attached hydrogens (tertiary/aromatic N) is 2. The van der Waals surface area contributed by atoms with Crippen LogP contribution in [0.15, 0.2) is 40.6 Å². The van der Waals surface area contributed by atoms with Gasteiger partial charge < -0.3 is 9.47 Å². The highest BCUT2D eigenvalue weighted by molar-refractivity contribution is 7.09. The summed E-state index contributed by atoms with van der Waals surface area (Å²) in [6.07, 6.45) is 3.76. The van der Waals surface area contributed by atoms with Crippen LogP contribution in [0.4, 0.5) is 0 Å². The lowest BCUT2D eigenvalue weighted by Crippen LogP contribution is -2.33. The summed E-state index contributed by atoms with van der Waals surface area (Å²) < 4.78 is 1.47. The fourth-order valence-corrected chi connectivity index (χ4v) is 2.87. The predicted molar refractivity (Wildman–Crippen MR) is 78.9 cm³/mol. The van der Waals surface area contributed by atoms with Crippen LogP contribution in [0, 0.1) is 0 Å². The molecule has 3 rings (SSSR count). The number of pyridine rings is 1. The molecule has 0 unspecified atom stereocenters. The van der Waals surface area contributed by atoms with Crippen molar-refractivity contribution in [3.8, 4) is 0 Å². The molecule has 0 spiro atoms. The van der Waals surface area contributed by atoms with E-state index in [1.807, 2.05) is 22.4 Å². The third-order valence-electron chi connectivity index (χ3n) is 3.51. The molecule has 1 aliphatic carbocycles. The van der Waals surface area contributed by atoms with Gasteiger partial charge >= 0.3 is 0 Å². The van der Waals surface area contributed by atoms with Gasteiger partial charge in [-0.3, -0.25) is 9.59 Å². The number of hydrogen-bond donors (Lipinski definition) is 0. The molecule has 20 heavy (non-hydrogen) atoms. The zero-order chi connectivity index (χ0) is 14.1. The summed E-state index contributed by atoms with van der Waals surface area (Å²) >= 11 is 1.65. The molecular weight excluding hydrogens is 272 g/mol. The lowest BCUT2D eigenvalue weighted by molar-refractivity contribution is 0.0731. The van der Waals surface area contributed by atoms with Crippen molar-refractivity contribution in [2.45, 2.75) is 25.4 Å². The van der Waals surface area contributed by atoms with Crippen molar-refractivity contribution in [2.24, 2.45) is 7.05 Å². The van der Waals surface area contributed by atoms with Crippen molar-refractivity contribution in [3.63, 3.8) is 0 Å². The molecule has 0 aliphatic heterocycles. The molecule has 0 atom stereocenters. The summed E-state index contributed by atoms with van der Waals surface area (Å²) in [5.41, 5.74) is 0.333. The number of hydrogen-bond acceptors (Lipinski definition) is 3. The van der Waals surface area contributed by atoms with Gasteiger partial charge in [-0.05, 0) is 30.4 Å². The lowest BCUT2D eigenvalue weighted by Gasteiger charge is -2.21. The summed E-state index contributed by atoms with van der Waals surface area (Å²) in [7, 11) is 1.68. The molecule has 1 amide bonds. The summed E-state index contributed by atoms with van der Waals surface area (Å²) in [5, 5.41) is 2.02. The van der Waals surface area contributed by atoms with E-state index >= 15 is 0 Å². The Morgan fingerprint density at radius 1 is 1.45 bits per heavy atom. The smallest absolute Gasteiger partial charge is 0.254 e. The highest BCUT2D eigenvalue weighted by Crippen LogP contribution is 2.30. The Kier molecular flexibility index (Phi) is 3.44. The molecule has 1 aliphatic rings. The number of rotatable bonds is 4. The summed E-state index contributed by atoms with van der Waals surface area (Å²) in [6, 6.07) is 7.50. The Labute approximate surface area is 121 Å². The highest BCUT2D eigenvalue weighted by atomic mass is 32.1. The zero-order valence-corrected chi connectivity index (χ0v) is 12.1. The molecule has 5 heteroatoms. The van der Waals surface area contributed by atoms with Gasteiger partial charge in [-0.15, -0.1) is 11.3 Å². The van der Waals surface area contributed by atoms with Gasteiger partial charge in [0.25, 0.3) is 11.5 Å². The average Bonchev–Trinajstić information content (AvgIpc) is 3.15. The molecule has 1 saturated carbocycles. The molecule has 0 bridgehead atoms. The zero-order valence-electron chi connectivity index (χ0n) is 11.3. The molecule has 2 aromatic rings. The summed E-state index contributed by atoms with van der Waals surface area (Å²) in [6.45, 7) is 0.635. The van der Waals surface area contributed by atoms with Crippen molar-refractivity contribution in [1.82, 2.24) is 9.47 Å². The first-order valence-corrected chi connectivity index (χ1v) is 7.53. The van der Waals surface area contributed by atoms with Crippen LogP contribution in [0.5, 0.6) is 0 Å². The van der Waals surface area contributed by atoms with Crippen molar-refractivity contribution >= 4 is 17.2 Å². The number of carbonyl (C=O) groups is 1. The SMILES string of the molecule is Cn1ccc(C(=O)N(Cc2cccs2)C2CC2)cc1=O. The fourth-order valence-electron chi connectivity index (χ4n) is 2.17. The maximum absolute atomic E-state index is 12.6. The van der Waals surface area contributed by atoms with Crippen LogP contribution in [0.25, 0.3) is 0 Å². The minimum atomic E-state index is -0.150. The van der Waals surface area contributed by atoms with E-state index in [0.717, 1.165) is 12.8 Å². The van der Waals surface area contributed by atoms with E-state index in [1.54, 1.807) is 30.6 Å². The van der Waals surface area contributed by atoms with Gasteiger partial charge in [0.1, 0.15) is 0 Å². The van der Waals surface area contributed by atoms with Crippen LogP contribution < -0.4 is 5.56 Å². The number of thiophene rings is 1. The average molecular weight is 288 g/mol. The van der Waals surface area contributed by atoms with Gasteiger partial charge in [-0.2, -0.15) is 0 Å². The van der Waals surface area contributed by atoms with Crippen LogP contribution in [0.1, 0.15) is 28.1 Å². The number of amides is 1. The van der Waals surface area contributed by atoms with Crippen molar-refractivity contribution < 1.29 is 4.79 Å². The van der Waals surface area contributed by atoms with Crippen LogP contribution in [-0.4, -0.2) is 21.4 Å². The molecule has 1 fully saturated rings. The van der Waals surface area contributed by atoms with E-state index in [4.69, 9.17) is 0 Å². The van der Waals surface area contributed by atoms with Crippen molar-refractivity contribution in [1.29, 1.82) is 0 Å². The Morgan fingerprint density at radius 2 is 2.25 bits per heavy atom. The Bertz CT molecular complexity index is 671. The van der Waals surface area contributed by atoms with Crippen LogP contribution >= 0.6 is 11.3 Å². The molecule has 0 radical (unpaired) electrons. The molecule has 0 N–H and O–H groups in total. The summed E-state index contributed by atoms with van der Waals surface area (Å²) in [4.78, 5) is 27.3. The van der Waals surface area contributed by atoms with Gasteiger partial charge in [-0.25, -0.2) is 0 Å².